The van der Waals surface area contributed by atoms with Gasteiger partial charge in [0.15, 0.2) is 0 Å². The number of hydrogen-bond acceptors (Lipinski definition) is 6. The molecule has 0 bridgehead atoms. The van der Waals surface area contributed by atoms with Crippen LogP contribution in [0.3, 0.4) is 0 Å². The summed E-state index contributed by atoms with van der Waals surface area (Å²) in [5.41, 5.74) is 1.91. The predicted octanol–water partition coefficient (Wildman–Crippen LogP) is 3.92. The predicted molar refractivity (Wildman–Crippen MR) is 111 cm³/mol. The Morgan fingerprint density at radius 2 is 1.90 bits per heavy atom. The number of hydrogen-bond donors (Lipinski definition) is 0. The van der Waals surface area contributed by atoms with Crippen molar-refractivity contribution in [3.8, 4) is 17.9 Å². The molecule has 2 aromatic rings. The summed E-state index contributed by atoms with van der Waals surface area (Å²) in [5.74, 6) is 1.05. The molecule has 31 heavy (non-hydrogen) atoms. The van der Waals surface area contributed by atoms with Gasteiger partial charge in [-0.2, -0.15) is 10.5 Å². The van der Waals surface area contributed by atoms with Crippen molar-refractivity contribution in [3.05, 3.63) is 59.4 Å². The lowest BCUT2D eigenvalue weighted by Gasteiger charge is -2.31. The number of amides is 1. The third-order valence-corrected chi connectivity index (χ3v) is 6.04. The van der Waals surface area contributed by atoms with Crippen molar-refractivity contribution in [2.75, 3.05) is 13.2 Å². The van der Waals surface area contributed by atoms with E-state index in [0.717, 1.165) is 31.2 Å². The van der Waals surface area contributed by atoms with Gasteiger partial charge in [0.1, 0.15) is 11.8 Å². The summed E-state index contributed by atoms with van der Waals surface area (Å²) in [6.07, 6.45) is 7.35. The van der Waals surface area contributed by atoms with Gasteiger partial charge in [0.05, 0.1) is 36.5 Å². The van der Waals surface area contributed by atoms with Crippen molar-refractivity contribution in [3.63, 3.8) is 0 Å². The van der Waals surface area contributed by atoms with E-state index < -0.39 is 0 Å². The molecule has 1 aliphatic carbocycles. The van der Waals surface area contributed by atoms with Crippen molar-refractivity contribution < 1.29 is 14.4 Å². The van der Waals surface area contributed by atoms with Crippen LogP contribution in [0.4, 0.5) is 0 Å². The van der Waals surface area contributed by atoms with Crippen LogP contribution in [0, 0.1) is 34.5 Å². The van der Waals surface area contributed by atoms with E-state index in [9.17, 15) is 4.79 Å². The van der Waals surface area contributed by atoms with Gasteiger partial charge in [0, 0.05) is 24.7 Å². The molecule has 1 aromatic heterocycles. The van der Waals surface area contributed by atoms with Crippen LogP contribution in [0.2, 0.25) is 0 Å². The fraction of sp³-hybridized carbons (Fsp3) is 0.417. The lowest BCUT2D eigenvalue weighted by Crippen LogP contribution is -2.37. The van der Waals surface area contributed by atoms with Gasteiger partial charge in [-0.3, -0.25) is 14.6 Å². The lowest BCUT2D eigenvalue weighted by molar-refractivity contribution is -0.183. The molecule has 1 atom stereocenters. The second-order valence-electron chi connectivity index (χ2n) is 8.09. The van der Waals surface area contributed by atoms with Gasteiger partial charge >= 0.3 is 0 Å². The molecule has 0 spiro atoms. The SMILES string of the molecule is N#Cc1cccc(OCC2CCC(C(=O)N3OCC[C@H]3c3cncc(C#N)c3)CC2)c1. The number of hydroxylamine groups is 2. The summed E-state index contributed by atoms with van der Waals surface area (Å²) in [4.78, 5) is 23.0. The molecule has 1 aliphatic heterocycles. The van der Waals surface area contributed by atoms with Crippen LogP contribution in [-0.2, 0) is 9.63 Å². The fourth-order valence-corrected chi connectivity index (χ4v) is 4.32. The van der Waals surface area contributed by atoms with Crippen LogP contribution in [-0.4, -0.2) is 29.2 Å². The normalized spacial score (nSPS) is 23.0. The Hall–Kier alpha value is -3.42. The first-order valence-corrected chi connectivity index (χ1v) is 10.6. The average Bonchev–Trinajstić information content (AvgIpc) is 3.33. The highest BCUT2D eigenvalue weighted by Gasteiger charge is 2.37. The fourth-order valence-electron chi connectivity index (χ4n) is 4.32. The van der Waals surface area contributed by atoms with Crippen molar-refractivity contribution in [1.29, 1.82) is 10.5 Å². The van der Waals surface area contributed by atoms with Gasteiger partial charge in [-0.25, -0.2) is 5.06 Å². The molecule has 7 heteroatoms. The monoisotopic (exact) mass is 416 g/mol. The Kier molecular flexibility index (Phi) is 6.45. The van der Waals surface area contributed by atoms with Crippen molar-refractivity contribution in [1.82, 2.24) is 10.0 Å². The van der Waals surface area contributed by atoms with E-state index >= 15 is 0 Å². The molecule has 2 heterocycles. The van der Waals surface area contributed by atoms with Gasteiger partial charge in [0.25, 0.3) is 0 Å². The van der Waals surface area contributed by atoms with Crippen LogP contribution in [0.25, 0.3) is 0 Å². The largest absolute Gasteiger partial charge is 0.493 e. The maximum atomic E-state index is 13.1. The molecule has 158 valence electrons. The molecule has 0 radical (unpaired) electrons. The highest BCUT2D eigenvalue weighted by atomic mass is 16.7. The first-order chi connectivity index (χ1) is 15.2. The minimum Gasteiger partial charge on any atom is -0.493 e. The van der Waals surface area contributed by atoms with Crippen LogP contribution in [0.1, 0.15) is 54.8 Å². The second kappa shape index (κ2) is 9.59. The van der Waals surface area contributed by atoms with E-state index in [1.54, 1.807) is 24.4 Å². The van der Waals surface area contributed by atoms with Crippen molar-refractivity contribution in [2.24, 2.45) is 11.8 Å². The molecule has 0 unspecified atom stereocenters. The van der Waals surface area contributed by atoms with Crippen molar-refractivity contribution >= 4 is 5.91 Å². The van der Waals surface area contributed by atoms with E-state index in [0.29, 0.717) is 42.4 Å². The van der Waals surface area contributed by atoms with Crippen LogP contribution in [0.15, 0.2) is 42.7 Å². The van der Waals surface area contributed by atoms with Crippen LogP contribution in [0.5, 0.6) is 5.75 Å². The summed E-state index contributed by atoms with van der Waals surface area (Å²) in [5, 5.41) is 19.6. The maximum absolute atomic E-state index is 13.1. The summed E-state index contributed by atoms with van der Waals surface area (Å²) in [6, 6.07) is 13.0. The number of pyridine rings is 1. The highest BCUT2D eigenvalue weighted by Crippen LogP contribution is 2.36. The zero-order chi connectivity index (χ0) is 21.6. The van der Waals surface area contributed by atoms with Gasteiger partial charge in [-0.05, 0) is 61.4 Å². The molecule has 4 rings (SSSR count). The molecule has 1 saturated carbocycles. The van der Waals surface area contributed by atoms with Gasteiger partial charge in [0.2, 0.25) is 5.91 Å². The van der Waals surface area contributed by atoms with Crippen molar-refractivity contribution in [2.45, 2.75) is 38.1 Å². The Bertz CT molecular complexity index is 1020. The molecule has 1 saturated heterocycles. The number of aromatic nitrogens is 1. The molecule has 1 amide bonds. The number of nitriles is 2. The number of benzene rings is 1. The third kappa shape index (κ3) is 4.84. The first-order valence-electron chi connectivity index (χ1n) is 10.6. The number of carbonyl (C=O) groups excluding carboxylic acids is 1. The van der Waals surface area contributed by atoms with E-state index in [4.69, 9.17) is 20.1 Å². The number of carbonyl (C=O) groups is 1. The maximum Gasteiger partial charge on any atom is 0.249 e. The molecule has 7 nitrogen and oxygen atoms in total. The minimum atomic E-state index is -0.193. The highest BCUT2D eigenvalue weighted by molar-refractivity contribution is 5.78. The zero-order valence-electron chi connectivity index (χ0n) is 17.2. The molecule has 2 aliphatic rings. The Labute approximate surface area is 181 Å². The standard InChI is InChI=1S/C24H24N4O3/c25-12-18-2-1-3-22(11-18)30-16-17-4-6-20(7-5-17)24(29)28-23(8-9-31-28)21-10-19(13-26)14-27-15-21/h1-3,10-11,14-15,17,20,23H,4-9,16H2/t17?,20?,23-/m0/s1. The van der Waals surface area contributed by atoms with Gasteiger partial charge in [-0.15, -0.1) is 0 Å². The van der Waals surface area contributed by atoms with Crippen LogP contribution >= 0.6 is 0 Å². The van der Waals surface area contributed by atoms with Crippen LogP contribution < -0.4 is 4.74 Å². The summed E-state index contributed by atoms with van der Waals surface area (Å²) >= 11 is 0. The molecule has 1 aromatic carbocycles. The number of rotatable bonds is 5. The quantitative estimate of drug-likeness (QED) is 0.733. The number of nitrogens with zero attached hydrogens (tertiary/aromatic N) is 4. The lowest BCUT2D eigenvalue weighted by atomic mass is 9.81. The molecular formula is C24H24N4O3. The molecule has 0 N–H and O–H groups in total. The zero-order valence-corrected chi connectivity index (χ0v) is 17.2. The summed E-state index contributed by atoms with van der Waals surface area (Å²) < 4.78 is 5.88. The van der Waals surface area contributed by atoms with E-state index in [2.05, 4.69) is 17.1 Å². The Morgan fingerprint density at radius 3 is 2.68 bits per heavy atom. The smallest absolute Gasteiger partial charge is 0.249 e. The summed E-state index contributed by atoms with van der Waals surface area (Å²) in [6.45, 7) is 1.07. The first kappa shape index (κ1) is 20.8. The van der Waals surface area contributed by atoms with E-state index in [1.165, 1.54) is 11.3 Å². The number of ether oxygens (including phenoxy) is 1. The third-order valence-electron chi connectivity index (χ3n) is 6.04. The van der Waals surface area contributed by atoms with Gasteiger partial charge < -0.3 is 4.74 Å². The van der Waals surface area contributed by atoms with E-state index in [-0.39, 0.29) is 17.9 Å². The average molecular weight is 416 g/mol. The second-order valence-corrected chi connectivity index (χ2v) is 8.09. The van der Waals surface area contributed by atoms with Gasteiger partial charge in [-0.1, -0.05) is 6.07 Å². The Balaban J connectivity index is 1.31. The molecule has 2 fully saturated rings. The Morgan fingerprint density at radius 1 is 1.10 bits per heavy atom. The minimum absolute atomic E-state index is 0.0194. The summed E-state index contributed by atoms with van der Waals surface area (Å²) in [7, 11) is 0. The van der Waals surface area contributed by atoms with E-state index in [1.807, 2.05) is 12.1 Å². The topological polar surface area (TPSA) is 99.2 Å². The molecular weight excluding hydrogens is 392 g/mol.